The van der Waals surface area contributed by atoms with E-state index in [-0.39, 0.29) is 17.4 Å². The van der Waals surface area contributed by atoms with Gasteiger partial charge in [-0.05, 0) is 36.5 Å². The zero-order valence-corrected chi connectivity index (χ0v) is 14.5. The second-order valence-corrected chi connectivity index (χ2v) is 7.02. The lowest BCUT2D eigenvalue weighted by atomic mass is 9.79. The van der Waals surface area contributed by atoms with Gasteiger partial charge in [0.25, 0.3) is 0 Å². The molecular formula is C18H28N2O3. The molecule has 1 saturated heterocycles. The average molecular weight is 320 g/mol. The Morgan fingerprint density at radius 1 is 1.39 bits per heavy atom. The van der Waals surface area contributed by atoms with Gasteiger partial charge in [-0.1, -0.05) is 26.0 Å². The number of carbonyl (C=O) groups is 1. The Morgan fingerprint density at radius 3 is 2.61 bits per heavy atom. The van der Waals surface area contributed by atoms with Crippen LogP contribution in [0.2, 0.25) is 0 Å². The number of rotatable bonds is 5. The summed E-state index contributed by atoms with van der Waals surface area (Å²) in [5.41, 5.74) is 7.57. The predicted molar refractivity (Wildman–Crippen MR) is 90.2 cm³/mol. The highest BCUT2D eigenvalue weighted by Gasteiger charge is 2.33. The van der Waals surface area contributed by atoms with Crippen molar-refractivity contribution in [3.63, 3.8) is 0 Å². The topological polar surface area (TPSA) is 64.8 Å². The van der Waals surface area contributed by atoms with Crippen LogP contribution in [-0.2, 0) is 16.1 Å². The van der Waals surface area contributed by atoms with E-state index in [4.69, 9.17) is 10.5 Å². The van der Waals surface area contributed by atoms with Crippen molar-refractivity contribution in [2.24, 2.45) is 11.1 Å². The number of hydrogen-bond acceptors (Lipinski definition) is 5. The van der Waals surface area contributed by atoms with Crippen molar-refractivity contribution in [3.05, 3.63) is 29.8 Å². The van der Waals surface area contributed by atoms with Crippen LogP contribution in [0.25, 0.3) is 0 Å². The number of ether oxygens (including phenoxy) is 2. The maximum Gasteiger partial charge on any atom is 0.346 e. The molecule has 0 amide bonds. The summed E-state index contributed by atoms with van der Waals surface area (Å²) in [4.78, 5) is 13.8. The molecule has 1 aromatic carbocycles. The number of likely N-dealkylation sites (tertiary alicyclic amines) is 1. The Kier molecular flexibility index (Phi) is 5.65. The molecule has 0 aliphatic carbocycles. The SMILES string of the molecule is COC(=O)C(C)Oc1ccc(CN2CCC(N)C(C)(C)C2)cc1. The first-order valence-electron chi connectivity index (χ1n) is 8.13. The molecule has 5 nitrogen and oxygen atoms in total. The Labute approximate surface area is 138 Å². The molecule has 1 aliphatic rings. The molecule has 2 rings (SSSR count). The lowest BCUT2D eigenvalue weighted by Gasteiger charge is -2.42. The predicted octanol–water partition coefficient (Wildman–Crippen LogP) is 2.19. The maximum atomic E-state index is 11.4. The third kappa shape index (κ3) is 4.69. The van der Waals surface area contributed by atoms with Crippen LogP contribution in [0.5, 0.6) is 5.75 Å². The minimum absolute atomic E-state index is 0.150. The van der Waals surface area contributed by atoms with Crippen LogP contribution in [-0.4, -0.2) is 43.2 Å². The van der Waals surface area contributed by atoms with E-state index < -0.39 is 6.10 Å². The first-order chi connectivity index (χ1) is 10.8. The first-order valence-corrected chi connectivity index (χ1v) is 8.13. The molecule has 1 aromatic rings. The number of carbonyl (C=O) groups excluding carboxylic acids is 1. The summed E-state index contributed by atoms with van der Waals surface area (Å²) in [5, 5.41) is 0. The van der Waals surface area contributed by atoms with E-state index in [1.807, 2.05) is 24.3 Å². The van der Waals surface area contributed by atoms with E-state index >= 15 is 0 Å². The number of nitrogens with two attached hydrogens (primary N) is 1. The lowest BCUT2D eigenvalue weighted by molar-refractivity contribution is -0.147. The fourth-order valence-electron chi connectivity index (χ4n) is 2.97. The van der Waals surface area contributed by atoms with Crippen molar-refractivity contribution in [3.8, 4) is 5.75 Å². The highest BCUT2D eigenvalue weighted by molar-refractivity contribution is 5.74. The molecule has 0 spiro atoms. The van der Waals surface area contributed by atoms with Gasteiger partial charge in [0, 0.05) is 25.7 Å². The summed E-state index contributed by atoms with van der Waals surface area (Å²) in [5.74, 6) is 0.300. The van der Waals surface area contributed by atoms with E-state index in [0.29, 0.717) is 5.75 Å². The van der Waals surface area contributed by atoms with Crippen LogP contribution >= 0.6 is 0 Å². The van der Waals surface area contributed by atoms with Crippen molar-refractivity contribution in [2.75, 3.05) is 20.2 Å². The van der Waals surface area contributed by atoms with Crippen molar-refractivity contribution in [2.45, 2.75) is 45.9 Å². The largest absolute Gasteiger partial charge is 0.479 e. The van der Waals surface area contributed by atoms with E-state index in [1.54, 1.807) is 6.92 Å². The number of piperidine rings is 1. The Hall–Kier alpha value is -1.59. The van der Waals surface area contributed by atoms with Crippen LogP contribution in [0.3, 0.4) is 0 Å². The normalized spacial score (nSPS) is 22.4. The monoisotopic (exact) mass is 320 g/mol. The summed E-state index contributed by atoms with van der Waals surface area (Å²) >= 11 is 0. The molecule has 2 atom stereocenters. The number of esters is 1. The summed E-state index contributed by atoms with van der Waals surface area (Å²) in [7, 11) is 1.36. The van der Waals surface area contributed by atoms with Crippen LogP contribution < -0.4 is 10.5 Å². The van der Waals surface area contributed by atoms with Gasteiger partial charge in [-0.25, -0.2) is 4.79 Å². The second-order valence-electron chi connectivity index (χ2n) is 7.02. The number of methoxy groups -OCH3 is 1. The zero-order chi connectivity index (χ0) is 17.0. The average Bonchev–Trinajstić information content (AvgIpc) is 2.51. The third-order valence-corrected chi connectivity index (χ3v) is 4.57. The quantitative estimate of drug-likeness (QED) is 0.843. The Balaban J connectivity index is 1.91. The molecule has 0 bridgehead atoms. The Morgan fingerprint density at radius 2 is 2.04 bits per heavy atom. The molecule has 0 radical (unpaired) electrons. The Bertz CT molecular complexity index is 528. The van der Waals surface area contributed by atoms with E-state index in [0.717, 1.165) is 26.1 Å². The third-order valence-electron chi connectivity index (χ3n) is 4.57. The summed E-state index contributed by atoms with van der Waals surface area (Å²) < 4.78 is 10.2. The van der Waals surface area contributed by atoms with Crippen LogP contribution in [0.1, 0.15) is 32.8 Å². The van der Waals surface area contributed by atoms with Crippen LogP contribution in [0.15, 0.2) is 24.3 Å². The standard InChI is InChI=1S/C18H28N2O3/c1-13(17(21)22-4)23-15-7-5-14(6-8-15)11-20-10-9-16(19)18(2,3)12-20/h5-8,13,16H,9-12,19H2,1-4H3. The van der Waals surface area contributed by atoms with Gasteiger partial charge in [-0.2, -0.15) is 0 Å². The molecule has 0 aromatic heterocycles. The minimum Gasteiger partial charge on any atom is -0.479 e. The van der Waals surface area contributed by atoms with Crippen LogP contribution in [0.4, 0.5) is 0 Å². The highest BCUT2D eigenvalue weighted by atomic mass is 16.6. The molecule has 0 saturated carbocycles. The summed E-state index contributed by atoms with van der Waals surface area (Å²) in [6.07, 6.45) is 0.431. The van der Waals surface area contributed by atoms with Crippen LogP contribution in [0, 0.1) is 5.41 Å². The van der Waals surface area contributed by atoms with Crippen molar-refractivity contribution >= 4 is 5.97 Å². The van der Waals surface area contributed by atoms with Gasteiger partial charge in [0.15, 0.2) is 6.10 Å². The van der Waals surface area contributed by atoms with Gasteiger partial charge in [0.1, 0.15) is 5.75 Å². The molecule has 128 valence electrons. The number of benzene rings is 1. The van der Waals surface area contributed by atoms with Gasteiger partial charge < -0.3 is 15.2 Å². The lowest BCUT2D eigenvalue weighted by Crippen LogP contribution is -2.52. The molecule has 5 heteroatoms. The smallest absolute Gasteiger partial charge is 0.346 e. The van der Waals surface area contributed by atoms with Gasteiger partial charge in [-0.15, -0.1) is 0 Å². The molecule has 1 aliphatic heterocycles. The minimum atomic E-state index is -0.602. The molecule has 1 fully saturated rings. The fourth-order valence-corrected chi connectivity index (χ4v) is 2.97. The van der Waals surface area contributed by atoms with Crippen molar-refractivity contribution < 1.29 is 14.3 Å². The highest BCUT2D eigenvalue weighted by Crippen LogP contribution is 2.28. The molecule has 2 unspecified atom stereocenters. The van der Waals surface area contributed by atoms with Crippen molar-refractivity contribution in [1.82, 2.24) is 4.90 Å². The van der Waals surface area contributed by atoms with Gasteiger partial charge in [-0.3, -0.25) is 4.90 Å². The maximum absolute atomic E-state index is 11.4. The summed E-state index contributed by atoms with van der Waals surface area (Å²) in [6, 6.07) is 8.15. The molecule has 1 heterocycles. The van der Waals surface area contributed by atoms with E-state index in [2.05, 4.69) is 23.5 Å². The number of nitrogens with zero attached hydrogens (tertiary/aromatic N) is 1. The molecular weight excluding hydrogens is 292 g/mol. The fraction of sp³-hybridized carbons (Fsp3) is 0.611. The molecule has 2 N–H and O–H groups in total. The van der Waals surface area contributed by atoms with Gasteiger partial charge >= 0.3 is 5.97 Å². The van der Waals surface area contributed by atoms with E-state index in [1.165, 1.54) is 12.7 Å². The number of hydrogen-bond donors (Lipinski definition) is 1. The summed E-state index contributed by atoms with van der Waals surface area (Å²) in [6.45, 7) is 9.08. The van der Waals surface area contributed by atoms with Crippen molar-refractivity contribution in [1.29, 1.82) is 0 Å². The zero-order valence-electron chi connectivity index (χ0n) is 14.5. The van der Waals surface area contributed by atoms with E-state index in [9.17, 15) is 4.79 Å². The first kappa shape index (κ1) is 17.8. The van der Waals surface area contributed by atoms with Gasteiger partial charge in [0.05, 0.1) is 7.11 Å². The molecule has 23 heavy (non-hydrogen) atoms. The second kappa shape index (κ2) is 7.32. The van der Waals surface area contributed by atoms with Gasteiger partial charge in [0.2, 0.25) is 0 Å².